The summed E-state index contributed by atoms with van der Waals surface area (Å²) in [7, 11) is 0. The Balaban J connectivity index is 2.06. The normalized spacial score (nSPS) is 12.4. The quantitative estimate of drug-likeness (QED) is 0.902. The first kappa shape index (κ1) is 12.6. The Morgan fingerprint density at radius 3 is 2.33 bits per heavy atom. The molecule has 0 aliphatic rings. The number of nitrogens with two attached hydrogens (primary N) is 1. The van der Waals surface area contributed by atoms with Crippen LogP contribution in [0, 0.1) is 11.6 Å². The molecule has 0 aliphatic carbocycles. The molecule has 0 fully saturated rings. The highest BCUT2D eigenvalue weighted by molar-refractivity contribution is 5.21. The van der Waals surface area contributed by atoms with Gasteiger partial charge in [-0.1, -0.05) is 12.1 Å². The third kappa shape index (κ3) is 3.11. The van der Waals surface area contributed by atoms with Crippen molar-refractivity contribution < 1.29 is 8.78 Å². The SMILES string of the molecule is NC(Cc1ccccn1)Cc1c(F)cccc1F. The summed E-state index contributed by atoms with van der Waals surface area (Å²) < 4.78 is 26.9. The fourth-order valence-corrected chi connectivity index (χ4v) is 1.85. The second-order valence-corrected chi connectivity index (χ2v) is 4.19. The first-order chi connectivity index (χ1) is 8.66. The summed E-state index contributed by atoms with van der Waals surface area (Å²) in [5, 5.41) is 0. The molecule has 4 heteroatoms. The molecule has 0 spiro atoms. The van der Waals surface area contributed by atoms with E-state index in [-0.39, 0.29) is 18.0 Å². The zero-order valence-electron chi connectivity index (χ0n) is 9.81. The summed E-state index contributed by atoms with van der Waals surface area (Å²) >= 11 is 0. The maximum absolute atomic E-state index is 13.4. The summed E-state index contributed by atoms with van der Waals surface area (Å²) in [5.74, 6) is -1.10. The van der Waals surface area contributed by atoms with Crippen molar-refractivity contribution in [1.82, 2.24) is 4.98 Å². The maximum atomic E-state index is 13.4. The van der Waals surface area contributed by atoms with E-state index in [2.05, 4.69) is 4.98 Å². The molecule has 94 valence electrons. The van der Waals surface area contributed by atoms with Gasteiger partial charge in [0.2, 0.25) is 0 Å². The molecule has 0 saturated heterocycles. The molecular formula is C14H14F2N2. The number of hydrogen-bond donors (Lipinski definition) is 1. The van der Waals surface area contributed by atoms with Crippen molar-refractivity contribution >= 4 is 0 Å². The van der Waals surface area contributed by atoms with Crippen LogP contribution in [0.5, 0.6) is 0 Å². The zero-order valence-corrected chi connectivity index (χ0v) is 9.81. The van der Waals surface area contributed by atoms with Gasteiger partial charge >= 0.3 is 0 Å². The monoisotopic (exact) mass is 248 g/mol. The third-order valence-electron chi connectivity index (χ3n) is 2.73. The predicted octanol–water partition coefficient (Wildman–Crippen LogP) is 2.47. The van der Waals surface area contributed by atoms with E-state index in [4.69, 9.17) is 5.73 Å². The number of nitrogens with zero attached hydrogens (tertiary/aromatic N) is 1. The minimum Gasteiger partial charge on any atom is -0.327 e. The van der Waals surface area contributed by atoms with Crippen LogP contribution in [0.25, 0.3) is 0 Å². The van der Waals surface area contributed by atoms with Crippen molar-refractivity contribution in [3.63, 3.8) is 0 Å². The van der Waals surface area contributed by atoms with E-state index in [0.29, 0.717) is 6.42 Å². The fraction of sp³-hybridized carbons (Fsp3) is 0.214. The first-order valence-corrected chi connectivity index (χ1v) is 5.75. The number of pyridine rings is 1. The largest absolute Gasteiger partial charge is 0.327 e. The molecule has 0 aliphatic heterocycles. The predicted molar refractivity (Wildman–Crippen MR) is 66.0 cm³/mol. The lowest BCUT2D eigenvalue weighted by atomic mass is 10.0. The summed E-state index contributed by atoms with van der Waals surface area (Å²) in [4.78, 5) is 4.14. The van der Waals surface area contributed by atoms with E-state index in [1.165, 1.54) is 18.2 Å². The molecule has 0 saturated carbocycles. The van der Waals surface area contributed by atoms with Gasteiger partial charge in [0.05, 0.1) is 0 Å². The highest BCUT2D eigenvalue weighted by atomic mass is 19.1. The second-order valence-electron chi connectivity index (χ2n) is 4.19. The minimum atomic E-state index is -0.550. The van der Waals surface area contributed by atoms with Crippen LogP contribution in [0.1, 0.15) is 11.3 Å². The van der Waals surface area contributed by atoms with Crippen LogP contribution in [-0.4, -0.2) is 11.0 Å². The van der Waals surface area contributed by atoms with Crippen molar-refractivity contribution in [2.75, 3.05) is 0 Å². The van der Waals surface area contributed by atoms with Gasteiger partial charge in [0, 0.05) is 29.9 Å². The Kier molecular flexibility index (Phi) is 3.99. The molecule has 2 nitrogen and oxygen atoms in total. The topological polar surface area (TPSA) is 38.9 Å². The molecular weight excluding hydrogens is 234 g/mol. The van der Waals surface area contributed by atoms with Crippen molar-refractivity contribution in [2.24, 2.45) is 5.73 Å². The molecule has 0 bridgehead atoms. The van der Waals surface area contributed by atoms with Crippen LogP contribution < -0.4 is 5.73 Å². The van der Waals surface area contributed by atoms with E-state index in [1.54, 1.807) is 6.20 Å². The number of hydrogen-bond acceptors (Lipinski definition) is 2. The first-order valence-electron chi connectivity index (χ1n) is 5.75. The van der Waals surface area contributed by atoms with E-state index in [0.717, 1.165) is 5.69 Å². The van der Waals surface area contributed by atoms with Gasteiger partial charge in [-0.3, -0.25) is 4.98 Å². The molecule has 2 rings (SSSR count). The van der Waals surface area contributed by atoms with E-state index in [1.807, 2.05) is 18.2 Å². The molecule has 1 unspecified atom stereocenters. The molecule has 2 aromatic rings. The summed E-state index contributed by atoms with van der Waals surface area (Å²) in [6, 6.07) is 8.99. The van der Waals surface area contributed by atoms with Gasteiger partial charge in [-0.25, -0.2) is 8.78 Å². The Morgan fingerprint density at radius 2 is 1.72 bits per heavy atom. The van der Waals surface area contributed by atoms with Gasteiger partial charge < -0.3 is 5.73 Å². The standard InChI is InChI=1S/C14H14F2N2/c15-13-5-3-6-14(16)12(13)9-10(17)8-11-4-1-2-7-18-11/h1-7,10H,8-9,17H2. The van der Waals surface area contributed by atoms with E-state index in [9.17, 15) is 8.78 Å². The van der Waals surface area contributed by atoms with Crippen molar-refractivity contribution in [2.45, 2.75) is 18.9 Å². The minimum absolute atomic E-state index is 0.0425. The third-order valence-corrected chi connectivity index (χ3v) is 2.73. The molecule has 1 heterocycles. The van der Waals surface area contributed by atoms with Crippen LogP contribution in [0.15, 0.2) is 42.6 Å². The number of rotatable bonds is 4. The van der Waals surface area contributed by atoms with Crippen LogP contribution in [0.4, 0.5) is 8.78 Å². The van der Waals surface area contributed by atoms with Gasteiger partial charge in [-0.15, -0.1) is 0 Å². The second kappa shape index (κ2) is 5.69. The van der Waals surface area contributed by atoms with E-state index >= 15 is 0 Å². The number of benzene rings is 1. The maximum Gasteiger partial charge on any atom is 0.129 e. The lowest BCUT2D eigenvalue weighted by Crippen LogP contribution is -2.27. The lowest BCUT2D eigenvalue weighted by Gasteiger charge is -2.12. The van der Waals surface area contributed by atoms with Crippen LogP contribution in [0.3, 0.4) is 0 Å². The smallest absolute Gasteiger partial charge is 0.129 e. The number of halogens is 2. The Labute approximate surface area is 104 Å². The van der Waals surface area contributed by atoms with Gasteiger partial charge in [0.1, 0.15) is 11.6 Å². The van der Waals surface area contributed by atoms with Crippen LogP contribution in [-0.2, 0) is 12.8 Å². The lowest BCUT2D eigenvalue weighted by molar-refractivity contribution is 0.532. The Morgan fingerprint density at radius 1 is 1.00 bits per heavy atom. The molecule has 18 heavy (non-hydrogen) atoms. The van der Waals surface area contributed by atoms with Gasteiger partial charge in [0.15, 0.2) is 0 Å². The molecule has 1 aromatic heterocycles. The molecule has 1 atom stereocenters. The molecule has 2 N–H and O–H groups in total. The summed E-state index contributed by atoms with van der Waals surface area (Å²) in [5.41, 5.74) is 6.77. The van der Waals surface area contributed by atoms with Gasteiger partial charge in [0.25, 0.3) is 0 Å². The van der Waals surface area contributed by atoms with Gasteiger partial charge in [-0.05, 0) is 30.7 Å². The summed E-state index contributed by atoms with van der Waals surface area (Å²) in [6.45, 7) is 0. The van der Waals surface area contributed by atoms with Gasteiger partial charge in [-0.2, -0.15) is 0 Å². The van der Waals surface area contributed by atoms with Crippen LogP contribution in [0.2, 0.25) is 0 Å². The van der Waals surface area contributed by atoms with Crippen molar-refractivity contribution in [3.8, 4) is 0 Å². The molecule has 0 amide bonds. The highest BCUT2D eigenvalue weighted by Crippen LogP contribution is 2.14. The average molecular weight is 248 g/mol. The molecule has 1 aromatic carbocycles. The average Bonchev–Trinajstić information content (AvgIpc) is 2.35. The van der Waals surface area contributed by atoms with Crippen molar-refractivity contribution in [3.05, 3.63) is 65.5 Å². The fourth-order valence-electron chi connectivity index (χ4n) is 1.85. The van der Waals surface area contributed by atoms with Crippen LogP contribution >= 0.6 is 0 Å². The number of aromatic nitrogens is 1. The zero-order chi connectivity index (χ0) is 13.0. The summed E-state index contributed by atoms with van der Waals surface area (Å²) in [6.07, 6.45) is 2.33. The Hall–Kier alpha value is -1.81. The van der Waals surface area contributed by atoms with E-state index < -0.39 is 11.6 Å². The highest BCUT2D eigenvalue weighted by Gasteiger charge is 2.13. The Bertz CT molecular complexity index is 494. The molecule has 0 radical (unpaired) electrons. The van der Waals surface area contributed by atoms with Crippen molar-refractivity contribution in [1.29, 1.82) is 0 Å².